The lowest BCUT2D eigenvalue weighted by atomic mass is 10.1. The molecule has 0 aliphatic rings. The van der Waals surface area contributed by atoms with Gasteiger partial charge in [0.1, 0.15) is 0 Å². The van der Waals surface area contributed by atoms with Gasteiger partial charge in [0.15, 0.2) is 6.61 Å². The maximum absolute atomic E-state index is 10.6. The highest BCUT2D eigenvalue weighted by Crippen LogP contribution is 2.02. The molecule has 1 radical (unpaired) electrons. The molecule has 1 amide bonds. The van der Waals surface area contributed by atoms with Crippen LogP contribution in [-0.4, -0.2) is 19.1 Å². The Labute approximate surface area is 83.8 Å². The minimum atomic E-state index is -0.687. The van der Waals surface area contributed by atoms with E-state index in [1.165, 1.54) is 11.1 Å². The number of nitrogens with one attached hydrogen (secondary N) is 1. The molecule has 0 spiro atoms. The highest BCUT2D eigenvalue weighted by atomic mass is 16.3. The van der Waals surface area contributed by atoms with Crippen molar-refractivity contribution in [3.63, 3.8) is 0 Å². The van der Waals surface area contributed by atoms with E-state index in [0.29, 0.717) is 6.54 Å². The number of carbonyl (C=O) groups is 1. The molecule has 14 heavy (non-hydrogen) atoms. The Hall–Kier alpha value is -1.35. The van der Waals surface area contributed by atoms with Gasteiger partial charge in [0.25, 0.3) is 0 Å². The van der Waals surface area contributed by atoms with E-state index in [2.05, 4.69) is 5.32 Å². The van der Waals surface area contributed by atoms with E-state index in [4.69, 9.17) is 0 Å². The van der Waals surface area contributed by atoms with Gasteiger partial charge in [-0.15, -0.1) is 0 Å². The van der Waals surface area contributed by atoms with Crippen molar-refractivity contribution < 1.29 is 9.90 Å². The number of carbonyl (C=O) groups excluding carboxylic acids is 1. The summed E-state index contributed by atoms with van der Waals surface area (Å²) in [4.78, 5) is 10.6. The van der Waals surface area contributed by atoms with E-state index in [9.17, 15) is 9.90 Å². The minimum Gasteiger partial charge on any atom is -0.354 e. The van der Waals surface area contributed by atoms with Crippen LogP contribution in [0.4, 0.5) is 0 Å². The van der Waals surface area contributed by atoms with Crippen LogP contribution in [0.2, 0.25) is 0 Å². The van der Waals surface area contributed by atoms with Crippen molar-refractivity contribution in [1.29, 1.82) is 0 Å². The molecule has 0 aliphatic heterocycles. The second kappa shape index (κ2) is 5.40. The van der Waals surface area contributed by atoms with E-state index in [1.54, 1.807) is 0 Å². The summed E-state index contributed by atoms with van der Waals surface area (Å²) in [6.07, 6.45) is 0.770. The summed E-state index contributed by atoms with van der Waals surface area (Å²) in [5, 5.41) is 12.6. The smallest absolute Gasteiger partial charge is 0.249 e. The first-order chi connectivity index (χ1) is 6.72. The number of hydrogen-bond donors (Lipinski definition) is 1. The second-order valence-corrected chi connectivity index (χ2v) is 3.23. The summed E-state index contributed by atoms with van der Waals surface area (Å²) in [7, 11) is 0. The Bertz CT molecular complexity index is 293. The largest absolute Gasteiger partial charge is 0.354 e. The average Bonchev–Trinajstić information content (AvgIpc) is 2.21. The van der Waals surface area contributed by atoms with Crippen molar-refractivity contribution in [1.82, 2.24) is 5.32 Å². The predicted molar refractivity (Wildman–Crippen MR) is 53.4 cm³/mol. The third kappa shape index (κ3) is 3.58. The number of hydrogen-bond acceptors (Lipinski definition) is 1. The molecule has 0 fully saturated rings. The van der Waals surface area contributed by atoms with Crippen molar-refractivity contribution in [2.24, 2.45) is 0 Å². The molecular formula is C11H14NO2. The molecule has 0 heterocycles. The lowest BCUT2D eigenvalue weighted by Crippen LogP contribution is -2.27. The Balaban J connectivity index is 2.31. The maximum Gasteiger partial charge on any atom is 0.249 e. The molecule has 1 aromatic carbocycles. The Morgan fingerprint density at radius 3 is 2.50 bits per heavy atom. The van der Waals surface area contributed by atoms with E-state index in [1.807, 2.05) is 31.2 Å². The molecule has 0 bridgehead atoms. The van der Waals surface area contributed by atoms with Crippen LogP contribution in [0.5, 0.6) is 0 Å². The van der Waals surface area contributed by atoms with Gasteiger partial charge in [-0.25, -0.2) is 5.11 Å². The summed E-state index contributed by atoms with van der Waals surface area (Å²) in [5.41, 5.74) is 2.39. The molecule has 0 unspecified atom stereocenters. The number of rotatable bonds is 4. The maximum atomic E-state index is 10.6. The van der Waals surface area contributed by atoms with Gasteiger partial charge in [-0.1, -0.05) is 29.8 Å². The van der Waals surface area contributed by atoms with Gasteiger partial charge < -0.3 is 5.32 Å². The standard InChI is InChI=1S/C11H14NO2/c1-9-2-4-10(5-3-9)6-7-12-11(14)8-13/h2-5H,6-8H2,1H3,(H,12,14). The van der Waals surface area contributed by atoms with E-state index >= 15 is 0 Å². The molecular weight excluding hydrogens is 178 g/mol. The molecule has 0 saturated heterocycles. The monoisotopic (exact) mass is 192 g/mol. The summed E-state index contributed by atoms with van der Waals surface area (Å²) < 4.78 is 0. The molecule has 1 N–H and O–H groups in total. The lowest BCUT2D eigenvalue weighted by Gasteiger charge is -2.03. The zero-order valence-electron chi connectivity index (χ0n) is 8.25. The predicted octanol–water partition coefficient (Wildman–Crippen LogP) is 1.08. The average molecular weight is 192 g/mol. The quantitative estimate of drug-likeness (QED) is 0.762. The summed E-state index contributed by atoms with van der Waals surface area (Å²) in [6.45, 7) is 1.88. The zero-order valence-corrected chi connectivity index (χ0v) is 8.25. The molecule has 3 nitrogen and oxygen atoms in total. The van der Waals surface area contributed by atoms with Crippen molar-refractivity contribution >= 4 is 5.91 Å². The van der Waals surface area contributed by atoms with Gasteiger partial charge in [-0.05, 0) is 18.9 Å². The van der Waals surface area contributed by atoms with Crippen LogP contribution in [0.25, 0.3) is 0 Å². The molecule has 1 aromatic rings. The first-order valence-electron chi connectivity index (χ1n) is 4.62. The number of aryl methyl sites for hydroxylation is 1. The first kappa shape index (κ1) is 10.7. The minimum absolute atomic E-state index is 0.433. The van der Waals surface area contributed by atoms with Crippen LogP contribution in [0.15, 0.2) is 24.3 Å². The van der Waals surface area contributed by atoms with Crippen molar-refractivity contribution in [2.45, 2.75) is 13.3 Å². The van der Waals surface area contributed by atoms with Gasteiger partial charge in [0, 0.05) is 6.54 Å². The number of amides is 1. The fourth-order valence-corrected chi connectivity index (χ4v) is 1.15. The van der Waals surface area contributed by atoms with Crippen LogP contribution in [0.3, 0.4) is 0 Å². The molecule has 0 saturated carbocycles. The van der Waals surface area contributed by atoms with Gasteiger partial charge in [-0.2, -0.15) is 0 Å². The van der Waals surface area contributed by atoms with Crippen LogP contribution >= 0.6 is 0 Å². The topological polar surface area (TPSA) is 49.0 Å². The van der Waals surface area contributed by atoms with Crippen LogP contribution < -0.4 is 5.32 Å². The highest BCUT2D eigenvalue weighted by molar-refractivity contribution is 5.76. The Morgan fingerprint density at radius 2 is 1.93 bits per heavy atom. The number of benzene rings is 1. The van der Waals surface area contributed by atoms with Crippen molar-refractivity contribution in [3.8, 4) is 0 Å². The van der Waals surface area contributed by atoms with E-state index < -0.39 is 12.5 Å². The molecule has 1 rings (SSSR count). The fourth-order valence-electron chi connectivity index (χ4n) is 1.15. The van der Waals surface area contributed by atoms with Gasteiger partial charge in [-0.3, -0.25) is 4.79 Å². The molecule has 0 atom stereocenters. The summed E-state index contributed by atoms with van der Waals surface area (Å²) in [5.74, 6) is -0.433. The fraction of sp³-hybridized carbons (Fsp3) is 0.364. The Morgan fingerprint density at radius 1 is 1.29 bits per heavy atom. The van der Waals surface area contributed by atoms with Crippen molar-refractivity contribution in [2.75, 3.05) is 13.2 Å². The first-order valence-corrected chi connectivity index (χ1v) is 4.62. The molecule has 3 heteroatoms. The summed E-state index contributed by atoms with van der Waals surface area (Å²) >= 11 is 0. The second-order valence-electron chi connectivity index (χ2n) is 3.23. The van der Waals surface area contributed by atoms with Crippen LogP contribution in [-0.2, 0) is 16.3 Å². The van der Waals surface area contributed by atoms with Crippen molar-refractivity contribution in [3.05, 3.63) is 35.4 Å². The van der Waals surface area contributed by atoms with E-state index in [-0.39, 0.29) is 0 Å². The molecule has 0 aliphatic carbocycles. The van der Waals surface area contributed by atoms with E-state index in [0.717, 1.165) is 6.42 Å². The zero-order chi connectivity index (χ0) is 10.4. The van der Waals surface area contributed by atoms with Crippen LogP contribution in [0.1, 0.15) is 11.1 Å². The summed E-state index contributed by atoms with van der Waals surface area (Å²) in [6, 6.07) is 8.12. The van der Waals surface area contributed by atoms with Gasteiger partial charge in [0.05, 0.1) is 0 Å². The molecule has 0 aromatic heterocycles. The SMILES string of the molecule is Cc1ccc(CCNC(=O)C[O])cc1. The van der Waals surface area contributed by atoms with Crippen LogP contribution in [0, 0.1) is 6.92 Å². The third-order valence-corrected chi connectivity index (χ3v) is 1.99. The van der Waals surface area contributed by atoms with Gasteiger partial charge in [0.2, 0.25) is 5.91 Å². The lowest BCUT2D eigenvalue weighted by molar-refractivity contribution is -0.125. The highest BCUT2D eigenvalue weighted by Gasteiger charge is 1.98. The normalized spacial score (nSPS) is 9.86. The third-order valence-electron chi connectivity index (χ3n) is 1.99. The van der Waals surface area contributed by atoms with Gasteiger partial charge >= 0.3 is 0 Å². The Kier molecular flexibility index (Phi) is 4.13. The molecule has 75 valence electrons.